The van der Waals surface area contributed by atoms with E-state index in [9.17, 15) is 9.59 Å². The molecule has 0 amide bonds. The fraction of sp³-hybridized carbons (Fsp3) is 0.471. The molecular weight excluding hydrogens is 312 g/mol. The molecule has 0 spiro atoms. The number of hydrogen-bond acceptors (Lipinski definition) is 4. The van der Waals surface area contributed by atoms with E-state index in [-0.39, 0.29) is 11.3 Å². The van der Waals surface area contributed by atoms with Crippen molar-refractivity contribution in [2.75, 3.05) is 5.75 Å². The van der Waals surface area contributed by atoms with E-state index in [1.54, 1.807) is 16.7 Å². The maximum absolute atomic E-state index is 12.8. The Balaban J connectivity index is 2.00. The highest BCUT2D eigenvalue weighted by atomic mass is 32.2. The number of aromatic nitrogens is 2. The average molecular weight is 332 g/mol. The highest BCUT2D eigenvalue weighted by Gasteiger charge is 2.19. The Morgan fingerprint density at radius 2 is 2.00 bits per heavy atom. The largest absolute Gasteiger partial charge is 0.481 e. The molecule has 1 N–H and O–H groups in total. The predicted molar refractivity (Wildman–Crippen MR) is 90.9 cm³/mol. The molecule has 1 aromatic heterocycles. The van der Waals surface area contributed by atoms with E-state index < -0.39 is 5.97 Å². The van der Waals surface area contributed by atoms with Crippen molar-refractivity contribution in [2.45, 2.75) is 43.8 Å². The highest BCUT2D eigenvalue weighted by Crippen LogP contribution is 2.26. The molecular formula is C17H20N2O3S. The van der Waals surface area contributed by atoms with Crippen LogP contribution in [-0.4, -0.2) is 26.4 Å². The number of nitrogens with zero attached hydrogens (tertiary/aromatic N) is 2. The van der Waals surface area contributed by atoms with Crippen LogP contribution in [-0.2, 0) is 11.3 Å². The van der Waals surface area contributed by atoms with E-state index in [2.05, 4.69) is 4.98 Å². The van der Waals surface area contributed by atoms with Crippen molar-refractivity contribution in [2.24, 2.45) is 5.92 Å². The van der Waals surface area contributed by atoms with E-state index >= 15 is 0 Å². The lowest BCUT2D eigenvalue weighted by atomic mass is 9.89. The summed E-state index contributed by atoms with van der Waals surface area (Å²) in [6.07, 6.45) is 5.93. The average Bonchev–Trinajstić information content (AvgIpc) is 2.57. The molecule has 2 aromatic rings. The van der Waals surface area contributed by atoms with Crippen LogP contribution in [0.25, 0.3) is 10.9 Å². The molecule has 1 fully saturated rings. The van der Waals surface area contributed by atoms with Gasteiger partial charge in [0, 0.05) is 6.54 Å². The summed E-state index contributed by atoms with van der Waals surface area (Å²) in [5, 5.41) is 10.0. The number of carboxylic acid groups (broad SMARTS) is 1. The zero-order chi connectivity index (χ0) is 16.2. The van der Waals surface area contributed by atoms with Crippen LogP contribution in [0.1, 0.15) is 32.1 Å². The van der Waals surface area contributed by atoms with Gasteiger partial charge < -0.3 is 5.11 Å². The molecule has 1 heterocycles. The van der Waals surface area contributed by atoms with E-state index in [1.165, 1.54) is 19.3 Å². The van der Waals surface area contributed by atoms with Crippen molar-refractivity contribution < 1.29 is 9.90 Å². The third-order valence-electron chi connectivity index (χ3n) is 4.32. The minimum atomic E-state index is -0.901. The zero-order valence-corrected chi connectivity index (χ0v) is 13.7. The Morgan fingerprint density at radius 1 is 1.26 bits per heavy atom. The van der Waals surface area contributed by atoms with Gasteiger partial charge in [0.2, 0.25) is 0 Å². The molecule has 0 unspecified atom stereocenters. The quantitative estimate of drug-likeness (QED) is 0.672. The lowest BCUT2D eigenvalue weighted by Gasteiger charge is -2.23. The summed E-state index contributed by atoms with van der Waals surface area (Å²) in [6.45, 7) is 0.638. The van der Waals surface area contributed by atoms with Gasteiger partial charge in [0.05, 0.1) is 16.7 Å². The summed E-state index contributed by atoms with van der Waals surface area (Å²) in [5.41, 5.74) is 0.569. The Morgan fingerprint density at radius 3 is 2.74 bits per heavy atom. The molecule has 0 aliphatic heterocycles. The summed E-state index contributed by atoms with van der Waals surface area (Å²) < 4.78 is 1.69. The van der Waals surface area contributed by atoms with Crippen molar-refractivity contribution in [1.82, 2.24) is 9.55 Å². The van der Waals surface area contributed by atoms with Gasteiger partial charge in [-0.2, -0.15) is 0 Å². The third-order valence-corrected chi connectivity index (χ3v) is 5.28. The van der Waals surface area contributed by atoms with Crippen molar-refractivity contribution in [3.05, 3.63) is 34.6 Å². The molecule has 0 atom stereocenters. The van der Waals surface area contributed by atoms with Gasteiger partial charge >= 0.3 is 5.97 Å². The van der Waals surface area contributed by atoms with Crippen LogP contribution in [0, 0.1) is 5.92 Å². The Hall–Kier alpha value is -1.82. The van der Waals surface area contributed by atoms with Crippen LogP contribution < -0.4 is 5.56 Å². The molecule has 23 heavy (non-hydrogen) atoms. The fourth-order valence-corrected chi connectivity index (χ4v) is 3.90. The molecule has 1 aromatic carbocycles. The molecule has 1 saturated carbocycles. The number of benzene rings is 1. The second-order valence-corrected chi connectivity index (χ2v) is 6.96. The number of aliphatic carboxylic acids is 1. The predicted octanol–water partition coefficient (Wildman–Crippen LogP) is 3.15. The fourth-order valence-electron chi connectivity index (χ4n) is 3.17. The summed E-state index contributed by atoms with van der Waals surface area (Å²) in [5.74, 6) is -0.509. The van der Waals surface area contributed by atoms with E-state index in [1.807, 2.05) is 12.1 Å². The standard InChI is InChI=1S/C17H20N2O3S/c20-15(21)11-23-17-18-14-9-5-4-8-13(14)16(22)19(17)10-12-6-2-1-3-7-12/h4-5,8-9,12H,1-3,6-7,10-11H2,(H,20,21). The number of carboxylic acids is 1. The van der Waals surface area contributed by atoms with Gasteiger partial charge in [0.1, 0.15) is 0 Å². The monoisotopic (exact) mass is 332 g/mol. The van der Waals surface area contributed by atoms with Crippen molar-refractivity contribution in [3.63, 3.8) is 0 Å². The van der Waals surface area contributed by atoms with E-state index in [0.717, 1.165) is 24.6 Å². The highest BCUT2D eigenvalue weighted by molar-refractivity contribution is 7.99. The van der Waals surface area contributed by atoms with Crippen LogP contribution in [0.3, 0.4) is 0 Å². The van der Waals surface area contributed by atoms with Gasteiger partial charge in [0.25, 0.3) is 5.56 Å². The van der Waals surface area contributed by atoms with E-state index in [0.29, 0.717) is 28.5 Å². The number of carbonyl (C=O) groups is 1. The van der Waals surface area contributed by atoms with Gasteiger partial charge in [-0.25, -0.2) is 4.98 Å². The molecule has 0 radical (unpaired) electrons. The summed E-state index contributed by atoms with van der Waals surface area (Å²) >= 11 is 1.13. The van der Waals surface area contributed by atoms with Crippen molar-refractivity contribution in [1.29, 1.82) is 0 Å². The topological polar surface area (TPSA) is 72.2 Å². The molecule has 5 nitrogen and oxygen atoms in total. The molecule has 1 aliphatic rings. The zero-order valence-electron chi connectivity index (χ0n) is 12.9. The maximum atomic E-state index is 12.8. The van der Waals surface area contributed by atoms with Gasteiger partial charge in [-0.05, 0) is 30.9 Å². The maximum Gasteiger partial charge on any atom is 0.313 e. The van der Waals surface area contributed by atoms with E-state index in [4.69, 9.17) is 5.11 Å². The number of fused-ring (bicyclic) bond motifs is 1. The van der Waals surface area contributed by atoms with Crippen LogP contribution in [0.15, 0.2) is 34.2 Å². The smallest absolute Gasteiger partial charge is 0.313 e. The Kier molecular flexibility index (Phi) is 5.00. The van der Waals surface area contributed by atoms with Crippen molar-refractivity contribution >= 4 is 28.6 Å². The van der Waals surface area contributed by atoms with Crippen LogP contribution >= 0.6 is 11.8 Å². The molecule has 0 saturated heterocycles. The third kappa shape index (κ3) is 3.75. The first kappa shape index (κ1) is 16.1. The number of rotatable bonds is 5. The molecule has 6 heteroatoms. The Bertz CT molecular complexity index is 766. The molecule has 1 aliphatic carbocycles. The number of thioether (sulfide) groups is 1. The molecule has 0 bridgehead atoms. The summed E-state index contributed by atoms with van der Waals surface area (Å²) in [7, 11) is 0. The van der Waals surface area contributed by atoms with Gasteiger partial charge in [-0.3, -0.25) is 14.2 Å². The summed E-state index contributed by atoms with van der Waals surface area (Å²) in [4.78, 5) is 28.3. The second kappa shape index (κ2) is 7.17. The lowest BCUT2D eigenvalue weighted by molar-refractivity contribution is -0.133. The first-order valence-corrected chi connectivity index (χ1v) is 8.98. The lowest BCUT2D eigenvalue weighted by Crippen LogP contribution is -2.28. The minimum absolute atomic E-state index is 0.0611. The molecule has 122 valence electrons. The first-order valence-electron chi connectivity index (χ1n) is 7.99. The first-order chi connectivity index (χ1) is 11.1. The summed E-state index contributed by atoms with van der Waals surface area (Å²) in [6, 6.07) is 7.26. The number of para-hydroxylation sites is 1. The number of hydrogen-bond donors (Lipinski definition) is 1. The van der Waals surface area contributed by atoms with Gasteiger partial charge in [-0.1, -0.05) is 43.2 Å². The van der Waals surface area contributed by atoms with Gasteiger partial charge in [-0.15, -0.1) is 0 Å². The van der Waals surface area contributed by atoms with Crippen LogP contribution in [0.4, 0.5) is 0 Å². The van der Waals surface area contributed by atoms with Crippen molar-refractivity contribution in [3.8, 4) is 0 Å². The van der Waals surface area contributed by atoms with Gasteiger partial charge in [0.15, 0.2) is 5.16 Å². The SMILES string of the molecule is O=C(O)CSc1nc2ccccc2c(=O)n1CC1CCCCC1. The minimum Gasteiger partial charge on any atom is -0.481 e. The van der Waals surface area contributed by atoms with Crippen LogP contribution in [0.5, 0.6) is 0 Å². The normalized spacial score (nSPS) is 15.8. The Labute approximate surface area is 138 Å². The second-order valence-electron chi connectivity index (χ2n) is 6.01. The molecule has 3 rings (SSSR count). The van der Waals surface area contributed by atoms with Crippen LogP contribution in [0.2, 0.25) is 0 Å².